The third kappa shape index (κ3) is 1.38. The lowest BCUT2D eigenvalue weighted by molar-refractivity contribution is 1.09. The fourth-order valence-corrected chi connectivity index (χ4v) is 1.56. The van der Waals surface area contributed by atoms with Gasteiger partial charge in [-0.1, -0.05) is 0 Å². The highest BCUT2D eigenvalue weighted by molar-refractivity contribution is 5.79. The first kappa shape index (κ1) is 8.84. The summed E-state index contributed by atoms with van der Waals surface area (Å²) in [6.07, 6.45) is 5.22. The van der Waals surface area contributed by atoms with Crippen LogP contribution >= 0.6 is 0 Å². The minimum absolute atomic E-state index is 0.686. The Hall–Kier alpha value is -2.43. The fourth-order valence-electron chi connectivity index (χ4n) is 1.56. The summed E-state index contributed by atoms with van der Waals surface area (Å²) >= 11 is 0. The Kier molecular flexibility index (Phi) is 1.83. The van der Waals surface area contributed by atoms with Crippen LogP contribution in [0.3, 0.4) is 0 Å². The van der Waals surface area contributed by atoms with Gasteiger partial charge in [-0.3, -0.25) is 10.1 Å². The number of aromatic amines is 1. The lowest BCUT2D eigenvalue weighted by Gasteiger charge is -2.00. The molecular weight excluding hydrogens is 202 g/mol. The number of nitrogen functional groups attached to an aromatic ring is 1. The summed E-state index contributed by atoms with van der Waals surface area (Å²) < 4.78 is 0. The zero-order chi connectivity index (χ0) is 11.0. The number of benzene rings is 1. The Bertz CT molecular complexity index is 630. The van der Waals surface area contributed by atoms with Gasteiger partial charge in [0, 0.05) is 17.4 Å². The van der Waals surface area contributed by atoms with E-state index in [0.717, 1.165) is 22.3 Å². The highest BCUT2D eigenvalue weighted by Crippen LogP contribution is 2.19. The average Bonchev–Trinajstić information content (AvgIpc) is 2.81. The van der Waals surface area contributed by atoms with Crippen LogP contribution in [0, 0.1) is 0 Å². The van der Waals surface area contributed by atoms with Crippen LogP contribution in [-0.2, 0) is 0 Å². The number of fused-ring (bicyclic) bond motifs is 1. The number of H-pyrrole nitrogens is 1. The molecule has 5 nitrogen and oxygen atoms in total. The number of anilines is 1. The molecule has 0 aliphatic heterocycles. The van der Waals surface area contributed by atoms with Gasteiger partial charge in [-0.25, -0.2) is 4.98 Å². The van der Waals surface area contributed by atoms with Crippen molar-refractivity contribution in [3.63, 3.8) is 0 Å². The minimum Gasteiger partial charge on any atom is -0.399 e. The average molecular weight is 211 g/mol. The Labute approximate surface area is 91.3 Å². The Balaban J connectivity index is 2.22. The molecule has 3 aromatic rings. The normalized spacial score (nSPS) is 10.8. The number of nitrogens with zero attached hydrogens (tertiary/aromatic N) is 3. The smallest absolute Gasteiger partial charge is 0.0924 e. The summed E-state index contributed by atoms with van der Waals surface area (Å²) in [4.78, 5) is 8.79. The fraction of sp³-hybridized carbons (Fsp3) is 0. The number of hydrogen-bond donors (Lipinski definition) is 2. The molecule has 0 aliphatic rings. The first-order chi connectivity index (χ1) is 7.83. The predicted molar refractivity (Wildman–Crippen MR) is 61.5 cm³/mol. The maximum atomic E-state index is 5.71. The molecule has 5 heteroatoms. The van der Waals surface area contributed by atoms with Gasteiger partial charge in [0.2, 0.25) is 0 Å². The Morgan fingerprint density at radius 1 is 1.12 bits per heavy atom. The van der Waals surface area contributed by atoms with Crippen LogP contribution in [0.5, 0.6) is 0 Å². The van der Waals surface area contributed by atoms with Gasteiger partial charge in [-0.2, -0.15) is 5.10 Å². The largest absolute Gasteiger partial charge is 0.399 e. The highest BCUT2D eigenvalue weighted by Gasteiger charge is 2.03. The molecule has 0 aliphatic carbocycles. The predicted octanol–water partition coefficient (Wildman–Crippen LogP) is 1.60. The molecule has 2 aromatic heterocycles. The monoisotopic (exact) mass is 211 g/mol. The van der Waals surface area contributed by atoms with E-state index in [1.54, 1.807) is 18.6 Å². The van der Waals surface area contributed by atoms with Crippen molar-refractivity contribution in [3.8, 4) is 11.3 Å². The molecule has 0 atom stereocenters. The van der Waals surface area contributed by atoms with Crippen molar-refractivity contribution in [2.45, 2.75) is 0 Å². The van der Waals surface area contributed by atoms with Crippen LogP contribution in [0.25, 0.3) is 22.3 Å². The van der Waals surface area contributed by atoms with Gasteiger partial charge in [0.25, 0.3) is 0 Å². The Morgan fingerprint density at radius 2 is 2.06 bits per heavy atom. The first-order valence-corrected chi connectivity index (χ1v) is 4.84. The summed E-state index contributed by atoms with van der Waals surface area (Å²) in [6, 6.07) is 5.48. The zero-order valence-electron chi connectivity index (χ0n) is 8.38. The van der Waals surface area contributed by atoms with E-state index in [2.05, 4.69) is 20.2 Å². The third-order valence-corrected chi connectivity index (χ3v) is 2.36. The van der Waals surface area contributed by atoms with E-state index in [4.69, 9.17) is 5.73 Å². The van der Waals surface area contributed by atoms with Crippen molar-refractivity contribution in [3.05, 3.63) is 36.8 Å². The lowest BCUT2D eigenvalue weighted by atomic mass is 10.2. The summed E-state index contributed by atoms with van der Waals surface area (Å²) in [6.45, 7) is 0. The first-order valence-electron chi connectivity index (χ1n) is 4.84. The molecule has 0 unspecified atom stereocenters. The molecule has 0 radical (unpaired) electrons. The second-order valence-electron chi connectivity index (χ2n) is 3.49. The molecule has 2 heterocycles. The molecule has 16 heavy (non-hydrogen) atoms. The van der Waals surface area contributed by atoms with Crippen LogP contribution in [0.1, 0.15) is 0 Å². The summed E-state index contributed by atoms with van der Waals surface area (Å²) in [5, 5.41) is 6.62. The van der Waals surface area contributed by atoms with Gasteiger partial charge in [-0.15, -0.1) is 0 Å². The van der Waals surface area contributed by atoms with Gasteiger partial charge >= 0.3 is 0 Å². The highest BCUT2D eigenvalue weighted by atomic mass is 15.1. The molecule has 0 amide bonds. The summed E-state index contributed by atoms with van der Waals surface area (Å²) in [5.74, 6) is 0. The molecule has 0 spiro atoms. The summed E-state index contributed by atoms with van der Waals surface area (Å²) in [5.41, 5.74) is 9.72. The molecule has 0 saturated carbocycles. The van der Waals surface area contributed by atoms with E-state index < -0.39 is 0 Å². The van der Waals surface area contributed by atoms with Crippen LogP contribution < -0.4 is 5.73 Å². The molecule has 3 N–H and O–H groups in total. The van der Waals surface area contributed by atoms with E-state index in [9.17, 15) is 0 Å². The molecule has 3 rings (SSSR count). The van der Waals surface area contributed by atoms with Crippen LogP contribution in [0.15, 0.2) is 36.8 Å². The van der Waals surface area contributed by atoms with E-state index >= 15 is 0 Å². The van der Waals surface area contributed by atoms with Gasteiger partial charge in [0.15, 0.2) is 0 Å². The van der Waals surface area contributed by atoms with Gasteiger partial charge in [0.05, 0.1) is 29.1 Å². The quantitative estimate of drug-likeness (QED) is 0.599. The topological polar surface area (TPSA) is 80.5 Å². The zero-order valence-corrected chi connectivity index (χ0v) is 8.38. The van der Waals surface area contributed by atoms with Crippen LogP contribution in [0.4, 0.5) is 5.69 Å². The number of aromatic nitrogens is 4. The molecule has 0 bridgehead atoms. The number of rotatable bonds is 1. The number of hydrogen-bond acceptors (Lipinski definition) is 4. The van der Waals surface area contributed by atoms with Crippen molar-refractivity contribution in [1.29, 1.82) is 0 Å². The van der Waals surface area contributed by atoms with Crippen molar-refractivity contribution in [2.75, 3.05) is 5.73 Å². The molecule has 1 aromatic carbocycles. The van der Waals surface area contributed by atoms with Crippen molar-refractivity contribution >= 4 is 16.7 Å². The second kappa shape index (κ2) is 3.30. The van der Waals surface area contributed by atoms with E-state index in [1.807, 2.05) is 18.2 Å². The summed E-state index contributed by atoms with van der Waals surface area (Å²) in [7, 11) is 0. The van der Waals surface area contributed by atoms with Crippen molar-refractivity contribution in [1.82, 2.24) is 20.2 Å². The maximum absolute atomic E-state index is 5.71. The van der Waals surface area contributed by atoms with Gasteiger partial charge in [-0.05, 0) is 18.2 Å². The van der Waals surface area contributed by atoms with Crippen LogP contribution in [0.2, 0.25) is 0 Å². The molecule has 0 saturated heterocycles. The van der Waals surface area contributed by atoms with Gasteiger partial charge < -0.3 is 5.73 Å². The van der Waals surface area contributed by atoms with E-state index in [-0.39, 0.29) is 0 Å². The van der Waals surface area contributed by atoms with Gasteiger partial charge in [0.1, 0.15) is 0 Å². The standard InChI is InChI=1S/C11H9N5/c12-8-1-2-9-10(3-8)16-11(6-13-9)7-4-14-15-5-7/h1-6H,12H2,(H,14,15). The molecule has 0 fully saturated rings. The number of nitrogens with one attached hydrogen (secondary N) is 1. The SMILES string of the molecule is Nc1ccc2ncc(-c3cn[nH]c3)nc2c1. The van der Waals surface area contributed by atoms with E-state index in [1.165, 1.54) is 0 Å². The van der Waals surface area contributed by atoms with Crippen molar-refractivity contribution in [2.24, 2.45) is 0 Å². The third-order valence-electron chi connectivity index (χ3n) is 2.36. The number of nitrogens with two attached hydrogens (primary N) is 1. The van der Waals surface area contributed by atoms with E-state index in [0.29, 0.717) is 5.69 Å². The lowest BCUT2D eigenvalue weighted by Crippen LogP contribution is -1.90. The second-order valence-corrected chi connectivity index (χ2v) is 3.49. The Morgan fingerprint density at radius 3 is 2.88 bits per heavy atom. The van der Waals surface area contributed by atoms with Crippen LogP contribution in [-0.4, -0.2) is 20.2 Å². The molecule has 78 valence electrons. The minimum atomic E-state index is 0.686. The van der Waals surface area contributed by atoms with Crippen molar-refractivity contribution < 1.29 is 0 Å². The molecular formula is C11H9N5. The maximum Gasteiger partial charge on any atom is 0.0924 e.